The fourth-order valence-corrected chi connectivity index (χ4v) is 2.00. The van der Waals surface area contributed by atoms with E-state index < -0.39 is 0 Å². The summed E-state index contributed by atoms with van der Waals surface area (Å²) < 4.78 is 10.3. The van der Waals surface area contributed by atoms with Gasteiger partial charge in [0.1, 0.15) is 11.5 Å². The van der Waals surface area contributed by atoms with Crippen LogP contribution in [0.5, 0.6) is 5.75 Å². The van der Waals surface area contributed by atoms with E-state index in [1.807, 2.05) is 26.0 Å². The molecule has 1 amide bonds. The zero-order valence-corrected chi connectivity index (χ0v) is 12.4. The third-order valence-corrected chi connectivity index (χ3v) is 3.15. The van der Waals surface area contributed by atoms with Crippen LogP contribution in [0.3, 0.4) is 0 Å². The summed E-state index contributed by atoms with van der Waals surface area (Å²) in [6.45, 7) is 4.47. The Hall–Kier alpha value is -2.34. The highest BCUT2D eigenvalue weighted by molar-refractivity contribution is 5.93. The van der Waals surface area contributed by atoms with Crippen LogP contribution in [-0.2, 0) is 11.3 Å². The smallest absolute Gasteiger partial charge is 0.238 e. The van der Waals surface area contributed by atoms with Gasteiger partial charge in [-0.15, -0.1) is 0 Å². The number of nitrogens with zero attached hydrogens (tertiary/aromatic N) is 1. The molecule has 1 aromatic heterocycles. The molecule has 0 saturated carbocycles. The highest BCUT2D eigenvalue weighted by Gasteiger charge is 2.10. The minimum Gasteiger partial charge on any atom is -0.495 e. The summed E-state index contributed by atoms with van der Waals surface area (Å²) in [4.78, 5) is 11.9. The van der Waals surface area contributed by atoms with Crippen molar-refractivity contribution in [1.82, 2.24) is 10.5 Å². The van der Waals surface area contributed by atoms with Crippen molar-refractivity contribution in [2.75, 3.05) is 19.0 Å². The molecule has 112 valence electrons. The van der Waals surface area contributed by atoms with Crippen LogP contribution in [0.1, 0.15) is 17.0 Å². The van der Waals surface area contributed by atoms with Crippen molar-refractivity contribution in [2.24, 2.45) is 0 Å². The molecule has 6 nitrogen and oxygen atoms in total. The Kier molecular flexibility index (Phi) is 4.94. The lowest BCUT2D eigenvalue weighted by molar-refractivity contribution is -0.115. The zero-order valence-electron chi connectivity index (χ0n) is 12.4. The van der Waals surface area contributed by atoms with Gasteiger partial charge in [-0.3, -0.25) is 4.79 Å². The first-order valence-electron chi connectivity index (χ1n) is 6.67. The van der Waals surface area contributed by atoms with Gasteiger partial charge >= 0.3 is 0 Å². The van der Waals surface area contributed by atoms with E-state index in [4.69, 9.17) is 9.26 Å². The number of amides is 1. The summed E-state index contributed by atoms with van der Waals surface area (Å²) in [5.41, 5.74) is 2.48. The number of benzene rings is 1. The Balaban J connectivity index is 1.85. The largest absolute Gasteiger partial charge is 0.495 e. The highest BCUT2D eigenvalue weighted by atomic mass is 16.5. The van der Waals surface area contributed by atoms with Crippen LogP contribution < -0.4 is 15.4 Å². The number of carbonyl (C=O) groups is 1. The van der Waals surface area contributed by atoms with Gasteiger partial charge in [0.2, 0.25) is 5.91 Å². The number of nitrogens with one attached hydrogen (secondary N) is 2. The minimum atomic E-state index is -0.133. The summed E-state index contributed by atoms with van der Waals surface area (Å²) >= 11 is 0. The standard InChI is InChI=1S/C15H19N3O3/c1-10-12(11(2)21-18-10)8-16-9-15(19)17-13-6-4-5-7-14(13)20-3/h4-7,16H,8-9H2,1-3H3,(H,17,19). The summed E-state index contributed by atoms with van der Waals surface area (Å²) in [5.74, 6) is 1.27. The van der Waals surface area contributed by atoms with E-state index in [2.05, 4.69) is 15.8 Å². The first kappa shape index (κ1) is 15.1. The molecule has 0 atom stereocenters. The number of aromatic nitrogens is 1. The number of hydrogen-bond donors (Lipinski definition) is 2. The molecular weight excluding hydrogens is 270 g/mol. The quantitative estimate of drug-likeness (QED) is 0.851. The number of anilines is 1. The van der Waals surface area contributed by atoms with Crippen molar-refractivity contribution >= 4 is 11.6 Å². The molecule has 0 radical (unpaired) electrons. The molecule has 0 aliphatic rings. The Morgan fingerprint density at radius 1 is 1.33 bits per heavy atom. The molecule has 2 rings (SSSR count). The number of hydrogen-bond acceptors (Lipinski definition) is 5. The molecule has 0 bridgehead atoms. The molecule has 21 heavy (non-hydrogen) atoms. The lowest BCUT2D eigenvalue weighted by Gasteiger charge is -2.10. The van der Waals surface area contributed by atoms with Crippen molar-refractivity contribution in [3.05, 3.63) is 41.3 Å². The highest BCUT2D eigenvalue weighted by Crippen LogP contribution is 2.22. The normalized spacial score (nSPS) is 10.4. The second kappa shape index (κ2) is 6.90. The number of rotatable bonds is 6. The Morgan fingerprint density at radius 3 is 2.76 bits per heavy atom. The number of aryl methyl sites for hydroxylation is 2. The van der Waals surface area contributed by atoms with Crippen molar-refractivity contribution in [3.63, 3.8) is 0 Å². The first-order valence-corrected chi connectivity index (χ1v) is 6.67. The molecule has 0 fully saturated rings. The third kappa shape index (κ3) is 3.82. The maximum Gasteiger partial charge on any atom is 0.238 e. The number of methoxy groups -OCH3 is 1. The van der Waals surface area contributed by atoms with Gasteiger partial charge in [-0.2, -0.15) is 0 Å². The third-order valence-electron chi connectivity index (χ3n) is 3.15. The van der Waals surface area contributed by atoms with E-state index in [0.29, 0.717) is 18.0 Å². The first-order chi connectivity index (χ1) is 10.1. The van der Waals surface area contributed by atoms with E-state index in [1.54, 1.807) is 19.2 Å². The number of ether oxygens (including phenoxy) is 1. The topological polar surface area (TPSA) is 76.4 Å². The molecule has 2 aromatic rings. The minimum absolute atomic E-state index is 0.133. The molecule has 2 N–H and O–H groups in total. The fourth-order valence-electron chi connectivity index (χ4n) is 2.00. The lowest BCUT2D eigenvalue weighted by Crippen LogP contribution is -2.28. The molecular formula is C15H19N3O3. The van der Waals surface area contributed by atoms with Crippen LogP contribution in [0, 0.1) is 13.8 Å². The Labute approximate surface area is 123 Å². The molecule has 0 aliphatic carbocycles. The SMILES string of the molecule is COc1ccccc1NC(=O)CNCc1c(C)noc1C. The average Bonchev–Trinajstić information content (AvgIpc) is 2.79. The van der Waals surface area contributed by atoms with Gasteiger partial charge in [0.05, 0.1) is 25.0 Å². The van der Waals surface area contributed by atoms with E-state index in [9.17, 15) is 4.79 Å². The van der Waals surface area contributed by atoms with Gasteiger partial charge in [0, 0.05) is 12.1 Å². The predicted octanol–water partition coefficient (Wildman–Crippen LogP) is 2.03. The van der Waals surface area contributed by atoms with Gasteiger partial charge in [-0.05, 0) is 26.0 Å². The fraction of sp³-hybridized carbons (Fsp3) is 0.333. The summed E-state index contributed by atoms with van der Waals surface area (Å²) in [7, 11) is 1.57. The molecule has 0 saturated heterocycles. The van der Waals surface area contributed by atoms with Crippen LogP contribution in [0.4, 0.5) is 5.69 Å². The van der Waals surface area contributed by atoms with Crippen molar-refractivity contribution in [3.8, 4) is 5.75 Å². The maximum absolute atomic E-state index is 11.9. The summed E-state index contributed by atoms with van der Waals surface area (Å²) in [6.07, 6.45) is 0. The van der Waals surface area contributed by atoms with Gasteiger partial charge in [0.25, 0.3) is 0 Å². The van der Waals surface area contributed by atoms with E-state index in [1.165, 1.54) is 0 Å². The van der Waals surface area contributed by atoms with Crippen LogP contribution in [0.25, 0.3) is 0 Å². The summed E-state index contributed by atoms with van der Waals surface area (Å²) in [6, 6.07) is 7.29. The lowest BCUT2D eigenvalue weighted by atomic mass is 10.2. The summed E-state index contributed by atoms with van der Waals surface area (Å²) in [5, 5.41) is 9.75. The zero-order chi connectivity index (χ0) is 15.2. The van der Waals surface area contributed by atoms with Gasteiger partial charge in [-0.25, -0.2) is 0 Å². The molecule has 0 aliphatic heterocycles. The monoisotopic (exact) mass is 289 g/mol. The predicted molar refractivity (Wildman–Crippen MR) is 79.3 cm³/mol. The van der Waals surface area contributed by atoms with Crippen LogP contribution in [-0.4, -0.2) is 24.7 Å². The molecule has 0 unspecified atom stereocenters. The van der Waals surface area contributed by atoms with Crippen molar-refractivity contribution in [2.45, 2.75) is 20.4 Å². The van der Waals surface area contributed by atoms with Crippen molar-refractivity contribution in [1.29, 1.82) is 0 Å². The van der Waals surface area contributed by atoms with Crippen LogP contribution in [0.2, 0.25) is 0 Å². The molecule has 0 spiro atoms. The molecule has 1 aromatic carbocycles. The maximum atomic E-state index is 11.9. The molecule has 6 heteroatoms. The number of para-hydroxylation sites is 2. The van der Waals surface area contributed by atoms with E-state index in [-0.39, 0.29) is 12.5 Å². The van der Waals surface area contributed by atoms with Gasteiger partial charge in [0.15, 0.2) is 0 Å². The van der Waals surface area contributed by atoms with E-state index >= 15 is 0 Å². The van der Waals surface area contributed by atoms with E-state index in [0.717, 1.165) is 17.0 Å². The average molecular weight is 289 g/mol. The Bertz CT molecular complexity index is 603. The second-order valence-electron chi connectivity index (χ2n) is 4.65. The Morgan fingerprint density at radius 2 is 2.10 bits per heavy atom. The second-order valence-corrected chi connectivity index (χ2v) is 4.65. The van der Waals surface area contributed by atoms with Crippen molar-refractivity contribution < 1.29 is 14.1 Å². The van der Waals surface area contributed by atoms with Gasteiger partial charge < -0.3 is 19.9 Å². The number of carbonyl (C=O) groups excluding carboxylic acids is 1. The van der Waals surface area contributed by atoms with Gasteiger partial charge in [-0.1, -0.05) is 17.3 Å². The van der Waals surface area contributed by atoms with Crippen LogP contribution in [0.15, 0.2) is 28.8 Å². The van der Waals surface area contributed by atoms with Crippen LogP contribution >= 0.6 is 0 Å². The molecule has 1 heterocycles.